The van der Waals surface area contributed by atoms with Crippen molar-refractivity contribution in [3.8, 4) is 0 Å². The van der Waals surface area contributed by atoms with Crippen LogP contribution in [-0.2, 0) is 14.8 Å². The topological polar surface area (TPSA) is 74.7 Å². The highest BCUT2D eigenvalue weighted by Gasteiger charge is 2.41. The second kappa shape index (κ2) is 5.76. The highest BCUT2D eigenvalue weighted by molar-refractivity contribution is 7.89. The summed E-state index contributed by atoms with van der Waals surface area (Å²) < 4.78 is 26.6. The Balaban J connectivity index is 2.63. The molecule has 1 heterocycles. The lowest BCUT2D eigenvalue weighted by atomic mass is 10.2. The number of carboxylic acids is 1. The molecule has 1 atom stereocenters. The quantitative estimate of drug-likeness (QED) is 0.908. The van der Waals surface area contributed by atoms with Gasteiger partial charge in [0.15, 0.2) is 0 Å². The molecule has 0 amide bonds. The van der Waals surface area contributed by atoms with Gasteiger partial charge in [-0.2, -0.15) is 4.31 Å². The number of aryl methyl sites for hydroxylation is 1. The van der Waals surface area contributed by atoms with E-state index in [2.05, 4.69) is 0 Å². The SMILES string of the molecule is Cc1cc(Cl)c(C)c(S(=O)(=O)N2CCC[C@@H]2C(=O)O)c1Cl. The minimum absolute atomic E-state index is 0.0907. The Morgan fingerprint density at radius 1 is 1.38 bits per heavy atom. The van der Waals surface area contributed by atoms with Crippen molar-refractivity contribution in [2.75, 3.05) is 6.54 Å². The molecule has 0 aliphatic carbocycles. The molecule has 5 nitrogen and oxygen atoms in total. The molecule has 0 saturated carbocycles. The van der Waals surface area contributed by atoms with Crippen molar-refractivity contribution in [1.29, 1.82) is 0 Å². The second-order valence-electron chi connectivity index (χ2n) is 5.06. The summed E-state index contributed by atoms with van der Waals surface area (Å²) in [5, 5.41) is 9.56. The Morgan fingerprint density at radius 2 is 2.00 bits per heavy atom. The molecule has 8 heteroatoms. The summed E-state index contributed by atoms with van der Waals surface area (Å²) >= 11 is 12.2. The summed E-state index contributed by atoms with van der Waals surface area (Å²) in [4.78, 5) is 11.1. The zero-order chi connectivity index (χ0) is 15.9. The molecule has 1 aromatic carbocycles. The fourth-order valence-electron chi connectivity index (χ4n) is 2.51. The fraction of sp³-hybridized carbons (Fsp3) is 0.462. The first kappa shape index (κ1) is 16.5. The third-order valence-corrected chi connectivity index (χ3v) is 6.72. The van der Waals surface area contributed by atoms with Crippen molar-refractivity contribution in [3.63, 3.8) is 0 Å². The number of hydrogen-bond donors (Lipinski definition) is 1. The predicted molar refractivity (Wildman–Crippen MR) is 80.5 cm³/mol. The van der Waals surface area contributed by atoms with Crippen LogP contribution in [-0.4, -0.2) is 36.4 Å². The monoisotopic (exact) mass is 351 g/mol. The van der Waals surface area contributed by atoms with E-state index in [1.807, 2.05) is 0 Å². The summed E-state index contributed by atoms with van der Waals surface area (Å²) in [5.41, 5.74) is 0.875. The van der Waals surface area contributed by atoms with Crippen LogP contribution in [0.3, 0.4) is 0 Å². The van der Waals surface area contributed by atoms with E-state index in [0.717, 1.165) is 4.31 Å². The maximum absolute atomic E-state index is 12.8. The minimum atomic E-state index is -4.00. The van der Waals surface area contributed by atoms with E-state index in [1.54, 1.807) is 19.9 Å². The van der Waals surface area contributed by atoms with E-state index >= 15 is 0 Å². The maximum atomic E-state index is 12.8. The molecule has 0 spiro atoms. The Hall–Kier alpha value is -0.820. The van der Waals surface area contributed by atoms with Crippen LogP contribution in [0.15, 0.2) is 11.0 Å². The number of aliphatic carboxylic acids is 1. The number of nitrogens with zero attached hydrogens (tertiary/aromatic N) is 1. The smallest absolute Gasteiger partial charge is 0.322 e. The van der Waals surface area contributed by atoms with Crippen LogP contribution in [0.1, 0.15) is 24.0 Å². The number of benzene rings is 1. The van der Waals surface area contributed by atoms with Gasteiger partial charge in [-0.25, -0.2) is 8.42 Å². The van der Waals surface area contributed by atoms with E-state index in [-0.39, 0.29) is 16.5 Å². The van der Waals surface area contributed by atoms with Crippen LogP contribution in [0.2, 0.25) is 10.0 Å². The Morgan fingerprint density at radius 3 is 2.57 bits per heavy atom. The normalized spacial score (nSPS) is 19.9. The molecule has 21 heavy (non-hydrogen) atoms. The van der Waals surface area contributed by atoms with Gasteiger partial charge in [-0.3, -0.25) is 4.79 Å². The third-order valence-electron chi connectivity index (χ3n) is 3.64. The molecule has 1 aliphatic rings. The summed E-state index contributed by atoms with van der Waals surface area (Å²) in [6.07, 6.45) is 0.803. The lowest BCUT2D eigenvalue weighted by molar-refractivity contribution is -0.140. The molecular formula is C13H15Cl2NO4S. The maximum Gasteiger partial charge on any atom is 0.322 e. The van der Waals surface area contributed by atoms with Crippen molar-refractivity contribution in [2.45, 2.75) is 37.6 Å². The van der Waals surface area contributed by atoms with E-state index in [4.69, 9.17) is 23.2 Å². The van der Waals surface area contributed by atoms with Crippen LogP contribution < -0.4 is 0 Å². The van der Waals surface area contributed by atoms with Gasteiger partial charge in [-0.15, -0.1) is 0 Å². The number of carboxylic acid groups (broad SMARTS) is 1. The number of hydrogen-bond acceptors (Lipinski definition) is 3. The first-order valence-electron chi connectivity index (χ1n) is 6.37. The molecule has 1 aromatic rings. The highest BCUT2D eigenvalue weighted by atomic mass is 35.5. The molecule has 0 aromatic heterocycles. The van der Waals surface area contributed by atoms with Gasteiger partial charge in [-0.05, 0) is 43.9 Å². The molecule has 0 unspecified atom stereocenters. The molecule has 1 saturated heterocycles. The van der Waals surface area contributed by atoms with Crippen molar-refractivity contribution >= 4 is 39.2 Å². The Bertz CT molecular complexity index is 676. The minimum Gasteiger partial charge on any atom is -0.480 e. The fourth-order valence-corrected chi connectivity index (χ4v) is 5.33. The lowest BCUT2D eigenvalue weighted by Crippen LogP contribution is -2.40. The molecule has 0 bridgehead atoms. The summed E-state index contributed by atoms with van der Waals surface area (Å²) in [6, 6.07) is 0.543. The van der Waals surface area contributed by atoms with Crippen molar-refractivity contribution in [2.24, 2.45) is 0 Å². The van der Waals surface area contributed by atoms with Crippen molar-refractivity contribution < 1.29 is 18.3 Å². The van der Waals surface area contributed by atoms with Crippen LogP contribution >= 0.6 is 23.2 Å². The highest BCUT2D eigenvalue weighted by Crippen LogP contribution is 2.37. The van der Waals surface area contributed by atoms with Crippen molar-refractivity contribution in [3.05, 3.63) is 27.2 Å². The van der Waals surface area contributed by atoms with Gasteiger partial charge in [0, 0.05) is 11.6 Å². The van der Waals surface area contributed by atoms with Crippen molar-refractivity contribution in [1.82, 2.24) is 4.31 Å². The molecular weight excluding hydrogens is 337 g/mol. The predicted octanol–water partition coefficient (Wildman–Crippen LogP) is 2.85. The average molecular weight is 352 g/mol. The standard InChI is InChI=1S/C13H15Cl2NO4S/c1-7-6-9(14)8(2)12(11(7)15)21(19,20)16-5-3-4-10(16)13(17)18/h6,10H,3-5H2,1-2H3,(H,17,18)/t10-/m1/s1. The van der Waals surface area contributed by atoms with Gasteiger partial charge < -0.3 is 5.11 Å². The number of rotatable bonds is 3. The number of carbonyl (C=O) groups is 1. The summed E-state index contributed by atoms with van der Waals surface area (Å²) in [6.45, 7) is 3.39. The lowest BCUT2D eigenvalue weighted by Gasteiger charge is -2.23. The van der Waals surface area contributed by atoms with Gasteiger partial charge in [-0.1, -0.05) is 23.2 Å². The van der Waals surface area contributed by atoms with Gasteiger partial charge >= 0.3 is 5.97 Å². The largest absolute Gasteiger partial charge is 0.480 e. The van der Waals surface area contributed by atoms with E-state index < -0.39 is 22.0 Å². The molecule has 116 valence electrons. The van der Waals surface area contributed by atoms with Gasteiger partial charge in [0.1, 0.15) is 10.9 Å². The number of sulfonamides is 1. The third kappa shape index (κ3) is 2.77. The molecule has 0 radical (unpaired) electrons. The van der Waals surface area contributed by atoms with Crippen LogP contribution in [0, 0.1) is 13.8 Å². The molecule has 1 aliphatic heterocycles. The average Bonchev–Trinajstić information content (AvgIpc) is 2.86. The molecule has 2 rings (SSSR count). The van der Waals surface area contributed by atoms with Gasteiger partial charge in [0.25, 0.3) is 0 Å². The molecule has 1 fully saturated rings. The van der Waals surface area contributed by atoms with Crippen LogP contribution in [0.4, 0.5) is 0 Å². The first-order valence-corrected chi connectivity index (χ1v) is 8.57. The summed E-state index contributed by atoms with van der Waals surface area (Å²) in [7, 11) is -4.00. The number of halogens is 2. The van der Waals surface area contributed by atoms with Crippen LogP contribution in [0.5, 0.6) is 0 Å². The summed E-state index contributed by atoms with van der Waals surface area (Å²) in [5.74, 6) is -1.15. The van der Waals surface area contributed by atoms with E-state index in [0.29, 0.717) is 29.0 Å². The Kier molecular flexibility index (Phi) is 4.54. The zero-order valence-corrected chi connectivity index (χ0v) is 13.9. The van der Waals surface area contributed by atoms with Crippen LogP contribution in [0.25, 0.3) is 0 Å². The first-order chi connectivity index (χ1) is 9.67. The van der Waals surface area contributed by atoms with Gasteiger partial charge in [0.05, 0.1) is 5.02 Å². The Labute approximate surface area is 133 Å². The van der Waals surface area contributed by atoms with E-state index in [9.17, 15) is 18.3 Å². The van der Waals surface area contributed by atoms with E-state index in [1.165, 1.54) is 0 Å². The molecule has 1 N–H and O–H groups in total. The zero-order valence-electron chi connectivity index (χ0n) is 11.6. The van der Waals surface area contributed by atoms with Gasteiger partial charge in [0.2, 0.25) is 10.0 Å². The second-order valence-corrected chi connectivity index (χ2v) is 7.67.